The van der Waals surface area contributed by atoms with E-state index in [1.54, 1.807) is 21.3 Å². The third-order valence-electron chi connectivity index (χ3n) is 6.37. The minimum absolute atomic E-state index is 0.106. The topological polar surface area (TPSA) is 52.2 Å². The van der Waals surface area contributed by atoms with Gasteiger partial charge >= 0.3 is 0 Å². The van der Waals surface area contributed by atoms with Crippen molar-refractivity contribution in [1.29, 1.82) is 0 Å². The van der Waals surface area contributed by atoms with Crippen molar-refractivity contribution in [3.63, 3.8) is 0 Å². The number of hydrogen-bond donors (Lipinski definition) is 1. The number of fused-ring (bicyclic) bond motifs is 1. The molecule has 1 heterocycles. The monoisotopic (exact) mass is 492 g/mol. The van der Waals surface area contributed by atoms with Crippen LogP contribution in [0.1, 0.15) is 28.3 Å². The van der Waals surface area contributed by atoms with Crippen LogP contribution >= 0.6 is 12.2 Å². The van der Waals surface area contributed by atoms with Gasteiger partial charge in [-0.15, -0.1) is 0 Å². The molecule has 3 aromatic carbocycles. The van der Waals surface area contributed by atoms with Gasteiger partial charge in [0.15, 0.2) is 16.6 Å². The van der Waals surface area contributed by atoms with E-state index in [1.165, 1.54) is 11.1 Å². The van der Waals surface area contributed by atoms with Crippen molar-refractivity contribution in [1.82, 2.24) is 4.90 Å². The number of methoxy groups -OCH3 is 3. The number of hydrogen-bond acceptors (Lipinski definition) is 5. The van der Waals surface area contributed by atoms with Crippen molar-refractivity contribution in [2.45, 2.75) is 26.3 Å². The summed E-state index contributed by atoms with van der Waals surface area (Å²) < 4.78 is 22.7. The summed E-state index contributed by atoms with van der Waals surface area (Å²) in [6.07, 6.45) is 0.837. The second-order valence-corrected chi connectivity index (χ2v) is 8.99. The summed E-state index contributed by atoms with van der Waals surface area (Å²) in [6.45, 7) is 5.34. The molecule has 0 bridgehead atoms. The Morgan fingerprint density at radius 1 is 0.914 bits per heavy atom. The molecule has 0 amide bonds. The maximum atomic E-state index is 6.25. The van der Waals surface area contributed by atoms with Crippen LogP contribution in [0.25, 0.3) is 0 Å². The molecule has 0 saturated carbocycles. The predicted molar refractivity (Wildman–Crippen MR) is 143 cm³/mol. The van der Waals surface area contributed by atoms with Gasteiger partial charge in [-0.05, 0) is 97.2 Å². The SMILES string of the molecule is COc1ccc(OC[C@H]2c3cc(OC)c(OC)cc3CCN2C(=S)Nc2cc(C)ccc2C)cc1. The molecule has 0 spiro atoms. The molecule has 35 heavy (non-hydrogen) atoms. The molecule has 184 valence electrons. The molecule has 0 aliphatic carbocycles. The van der Waals surface area contributed by atoms with Crippen molar-refractivity contribution < 1.29 is 18.9 Å². The molecule has 4 rings (SSSR count). The van der Waals surface area contributed by atoms with E-state index in [9.17, 15) is 0 Å². The van der Waals surface area contributed by atoms with Crippen LogP contribution in [-0.2, 0) is 6.42 Å². The largest absolute Gasteiger partial charge is 0.497 e. The number of benzene rings is 3. The summed E-state index contributed by atoms with van der Waals surface area (Å²) in [6, 6.07) is 17.9. The van der Waals surface area contributed by atoms with Gasteiger partial charge in [-0.2, -0.15) is 0 Å². The fraction of sp³-hybridized carbons (Fsp3) is 0.321. The van der Waals surface area contributed by atoms with Crippen LogP contribution < -0.4 is 24.3 Å². The second kappa shape index (κ2) is 10.9. The normalized spacial score (nSPS) is 14.7. The van der Waals surface area contributed by atoms with Crippen molar-refractivity contribution in [2.75, 3.05) is 39.8 Å². The molecule has 7 heteroatoms. The number of nitrogens with one attached hydrogen (secondary N) is 1. The van der Waals surface area contributed by atoms with Gasteiger partial charge in [-0.1, -0.05) is 12.1 Å². The van der Waals surface area contributed by atoms with Crippen LogP contribution in [0.5, 0.6) is 23.0 Å². The Hall–Kier alpha value is -3.45. The Balaban J connectivity index is 1.65. The lowest BCUT2D eigenvalue weighted by molar-refractivity contribution is 0.190. The molecule has 1 aliphatic rings. The highest BCUT2D eigenvalue weighted by Gasteiger charge is 2.31. The molecule has 0 fully saturated rings. The zero-order chi connectivity index (χ0) is 24.9. The van der Waals surface area contributed by atoms with Crippen molar-refractivity contribution >= 4 is 23.0 Å². The average molecular weight is 493 g/mol. The molecule has 1 aliphatic heterocycles. The fourth-order valence-corrected chi connectivity index (χ4v) is 4.68. The summed E-state index contributed by atoms with van der Waals surface area (Å²) >= 11 is 5.93. The van der Waals surface area contributed by atoms with Crippen LogP contribution in [-0.4, -0.2) is 44.5 Å². The highest BCUT2D eigenvalue weighted by atomic mass is 32.1. The van der Waals surface area contributed by atoms with Crippen LogP contribution in [0.4, 0.5) is 5.69 Å². The molecular formula is C28H32N2O4S. The summed E-state index contributed by atoms with van der Waals surface area (Å²) in [5, 5.41) is 4.14. The number of anilines is 1. The molecule has 3 aromatic rings. The maximum absolute atomic E-state index is 6.25. The minimum atomic E-state index is -0.106. The van der Waals surface area contributed by atoms with E-state index in [4.69, 9.17) is 31.2 Å². The van der Waals surface area contributed by atoms with Gasteiger partial charge in [0.05, 0.1) is 27.4 Å². The molecule has 1 N–H and O–H groups in total. The third kappa shape index (κ3) is 5.46. The molecular weight excluding hydrogens is 460 g/mol. The maximum Gasteiger partial charge on any atom is 0.174 e. The van der Waals surface area contributed by atoms with Gasteiger partial charge in [-0.3, -0.25) is 0 Å². The Morgan fingerprint density at radius 3 is 2.29 bits per heavy atom. The lowest BCUT2D eigenvalue weighted by atomic mass is 9.92. The Labute approximate surface area is 212 Å². The van der Waals surface area contributed by atoms with Crippen molar-refractivity contribution in [3.05, 3.63) is 76.9 Å². The van der Waals surface area contributed by atoms with Gasteiger partial charge in [0, 0.05) is 12.2 Å². The second-order valence-electron chi connectivity index (χ2n) is 8.60. The van der Waals surface area contributed by atoms with E-state index in [0.29, 0.717) is 17.5 Å². The minimum Gasteiger partial charge on any atom is -0.497 e. The van der Waals surface area contributed by atoms with Gasteiger partial charge in [0.1, 0.15) is 18.1 Å². The molecule has 0 saturated heterocycles. The van der Waals surface area contributed by atoms with Gasteiger partial charge in [0.2, 0.25) is 0 Å². The van der Waals surface area contributed by atoms with E-state index >= 15 is 0 Å². The summed E-state index contributed by atoms with van der Waals surface area (Å²) in [7, 11) is 4.96. The quantitative estimate of drug-likeness (QED) is 0.424. The zero-order valence-electron chi connectivity index (χ0n) is 20.9. The standard InChI is InChI=1S/C28H32N2O4S/c1-18-6-7-19(2)24(14-18)29-28(35)30-13-12-20-15-26(32-4)27(33-5)16-23(20)25(30)17-34-22-10-8-21(31-3)9-11-22/h6-11,14-16,25H,12-13,17H2,1-5H3,(H,29,35)/t25-/m0/s1. The first-order valence-corrected chi connectivity index (χ1v) is 12.0. The van der Waals surface area contributed by atoms with E-state index < -0.39 is 0 Å². The Kier molecular flexibility index (Phi) is 7.66. The first kappa shape index (κ1) is 24.7. The number of rotatable bonds is 7. The summed E-state index contributed by atoms with van der Waals surface area (Å²) in [5.74, 6) is 2.98. The molecule has 0 aromatic heterocycles. The number of ether oxygens (including phenoxy) is 4. The van der Waals surface area contributed by atoms with E-state index in [-0.39, 0.29) is 6.04 Å². The zero-order valence-corrected chi connectivity index (χ0v) is 21.7. The highest BCUT2D eigenvalue weighted by molar-refractivity contribution is 7.80. The molecule has 0 unspecified atom stereocenters. The first-order valence-electron chi connectivity index (χ1n) is 11.6. The Morgan fingerprint density at radius 2 is 1.60 bits per heavy atom. The first-order chi connectivity index (χ1) is 16.9. The fourth-order valence-electron chi connectivity index (χ4n) is 4.36. The van der Waals surface area contributed by atoms with Gasteiger partial charge < -0.3 is 29.2 Å². The predicted octanol–water partition coefficient (Wildman–Crippen LogP) is 5.70. The Bertz CT molecular complexity index is 1200. The number of thiocarbonyl (C=S) groups is 1. The number of aryl methyl sites for hydroxylation is 2. The summed E-state index contributed by atoms with van der Waals surface area (Å²) in [4.78, 5) is 2.20. The van der Waals surface area contributed by atoms with Crippen LogP contribution in [0.2, 0.25) is 0 Å². The lowest BCUT2D eigenvalue weighted by Crippen LogP contribution is -2.44. The van der Waals surface area contributed by atoms with Gasteiger partial charge in [0.25, 0.3) is 0 Å². The molecule has 0 radical (unpaired) electrons. The molecule has 1 atom stereocenters. The third-order valence-corrected chi connectivity index (χ3v) is 6.70. The average Bonchev–Trinajstić information content (AvgIpc) is 2.88. The van der Waals surface area contributed by atoms with Crippen LogP contribution in [0.15, 0.2) is 54.6 Å². The highest BCUT2D eigenvalue weighted by Crippen LogP contribution is 2.39. The van der Waals surface area contributed by atoms with Crippen LogP contribution in [0, 0.1) is 13.8 Å². The van der Waals surface area contributed by atoms with Crippen molar-refractivity contribution in [2.24, 2.45) is 0 Å². The summed E-state index contributed by atoms with van der Waals surface area (Å²) in [5.41, 5.74) is 5.67. The van der Waals surface area contributed by atoms with Crippen LogP contribution in [0.3, 0.4) is 0 Å². The van der Waals surface area contributed by atoms with Gasteiger partial charge in [-0.25, -0.2) is 0 Å². The molecule has 6 nitrogen and oxygen atoms in total. The smallest absolute Gasteiger partial charge is 0.174 e. The lowest BCUT2D eigenvalue weighted by Gasteiger charge is -2.39. The van der Waals surface area contributed by atoms with Crippen molar-refractivity contribution in [3.8, 4) is 23.0 Å². The van der Waals surface area contributed by atoms with E-state index in [1.807, 2.05) is 30.3 Å². The van der Waals surface area contributed by atoms with E-state index in [0.717, 1.165) is 47.0 Å². The number of nitrogens with zero attached hydrogens (tertiary/aromatic N) is 1. The van der Waals surface area contributed by atoms with E-state index in [2.05, 4.69) is 48.3 Å².